The molecule has 0 radical (unpaired) electrons. The lowest BCUT2D eigenvalue weighted by molar-refractivity contribution is 0.788. The summed E-state index contributed by atoms with van der Waals surface area (Å²) in [7, 11) is 1.97. The molecule has 0 aliphatic carbocycles. The topological polar surface area (TPSA) is 30.7 Å². The highest BCUT2D eigenvalue weighted by Gasteiger charge is 2.03. The van der Waals surface area contributed by atoms with Gasteiger partial charge < -0.3 is 4.57 Å². The van der Waals surface area contributed by atoms with Gasteiger partial charge in [-0.1, -0.05) is 6.07 Å². The van der Waals surface area contributed by atoms with Crippen molar-refractivity contribution in [2.75, 3.05) is 0 Å². The maximum absolute atomic E-state index is 4.32. The third-order valence-electron chi connectivity index (χ3n) is 1.66. The van der Waals surface area contributed by atoms with Crippen LogP contribution >= 0.6 is 27.7 Å². The summed E-state index contributed by atoms with van der Waals surface area (Å²) in [5.74, 6) is 0. The molecule has 0 aliphatic heterocycles. The van der Waals surface area contributed by atoms with Crippen molar-refractivity contribution >= 4 is 27.7 Å². The number of hydrogen-bond acceptors (Lipinski definition) is 3. The van der Waals surface area contributed by atoms with Gasteiger partial charge >= 0.3 is 0 Å². The first kappa shape index (κ1) is 9.73. The van der Waals surface area contributed by atoms with Gasteiger partial charge in [0.2, 0.25) is 0 Å². The molecule has 0 spiro atoms. The van der Waals surface area contributed by atoms with Crippen LogP contribution in [0.2, 0.25) is 0 Å². The molecule has 0 aromatic carbocycles. The van der Waals surface area contributed by atoms with Crippen LogP contribution in [0.25, 0.3) is 0 Å². The fraction of sp³-hybridized carbons (Fsp3) is 0.111. The average molecular weight is 270 g/mol. The highest BCUT2D eigenvalue weighted by Crippen LogP contribution is 2.24. The van der Waals surface area contributed by atoms with E-state index in [9.17, 15) is 0 Å². The van der Waals surface area contributed by atoms with E-state index in [-0.39, 0.29) is 0 Å². The number of rotatable bonds is 2. The largest absolute Gasteiger partial charge is 0.329 e. The van der Waals surface area contributed by atoms with Crippen LogP contribution in [0.5, 0.6) is 0 Å². The summed E-state index contributed by atoms with van der Waals surface area (Å²) in [5, 5.41) is 1.88. The maximum atomic E-state index is 4.32. The summed E-state index contributed by atoms with van der Waals surface area (Å²) in [6, 6.07) is 5.83. The van der Waals surface area contributed by atoms with Crippen molar-refractivity contribution < 1.29 is 0 Å². The summed E-state index contributed by atoms with van der Waals surface area (Å²) in [6.45, 7) is 0. The highest BCUT2D eigenvalue weighted by molar-refractivity contribution is 9.10. The van der Waals surface area contributed by atoms with Crippen molar-refractivity contribution in [3.05, 3.63) is 35.2 Å². The van der Waals surface area contributed by atoms with Gasteiger partial charge in [-0.15, -0.1) is 0 Å². The Morgan fingerprint density at radius 2 is 2.29 bits per heavy atom. The number of hydrogen-bond donors (Lipinski definition) is 0. The van der Waals surface area contributed by atoms with Crippen molar-refractivity contribution in [2.24, 2.45) is 7.05 Å². The van der Waals surface area contributed by atoms with Crippen molar-refractivity contribution in [3.63, 3.8) is 0 Å². The van der Waals surface area contributed by atoms with E-state index >= 15 is 0 Å². The predicted octanol–water partition coefficient (Wildman–Crippen LogP) is 2.73. The molecule has 0 aliphatic rings. The van der Waals surface area contributed by atoms with Crippen molar-refractivity contribution in [3.8, 4) is 0 Å². The number of aryl methyl sites for hydroxylation is 1. The minimum absolute atomic E-state index is 0.844. The Morgan fingerprint density at radius 1 is 1.43 bits per heavy atom. The van der Waals surface area contributed by atoms with Crippen LogP contribution in [0.3, 0.4) is 0 Å². The normalized spacial score (nSPS) is 10.4. The van der Waals surface area contributed by atoms with Gasteiger partial charge in [0.05, 0.1) is 0 Å². The number of halogens is 1. The van der Waals surface area contributed by atoms with Crippen LogP contribution in [0.1, 0.15) is 0 Å². The third-order valence-corrected chi connectivity index (χ3v) is 3.12. The lowest BCUT2D eigenvalue weighted by Gasteiger charge is -2.00. The van der Waals surface area contributed by atoms with Crippen molar-refractivity contribution in [1.29, 1.82) is 0 Å². The maximum Gasteiger partial charge on any atom is 0.174 e. The Labute approximate surface area is 94.7 Å². The Morgan fingerprint density at radius 3 is 2.93 bits per heavy atom. The first-order valence-corrected chi connectivity index (χ1v) is 5.64. The van der Waals surface area contributed by atoms with E-state index in [1.54, 1.807) is 18.0 Å². The van der Waals surface area contributed by atoms with E-state index in [1.165, 1.54) is 0 Å². The summed E-state index contributed by atoms with van der Waals surface area (Å²) in [5.41, 5.74) is 0. The van der Waals surface area contributed by atoms with Gasteiger partial charge in [0, 0.05) is 19.4 Å². The Balaban J connectivity index is 2.23. The molecule has 2 aromatic heterocycles. The molecule has 3 nitrogen and oxygen atoms in total. The summed E-state index contributed by atoms with van der Waals surface area (Å²) in [6.07, 6.45) is 3.70. The van der Waals surface area contributed by atoms with Crippen molar-refractivity contribution in [2.45, 2.75) is 10.2 Å². The smallest absolute Gasteiger partial charge is 0.174 e. The van der Waals surface area contributed by atoms with Crippen LogP contribution in [0, 0.1) is 0 Å². The lowest BCUT2D eigenvalue weighted by Crippen LogP contribution is -1.89. The van der Waals surface area contributed by atoms with E-state index < -0.39 is 0 Å². The molecule has 0 saturated carbocycles. The SMILES string of the molecule is Cn1ccnc1Sc1cccc(Br)n1. The molecular weight excluding hydrogens is 262 g/mol. The zero-order valence-corrected chi connectivity index (χ0v) is 9.92. The number of aromatic nitrogens is 3. The Kier molecular flexibility index (Phi) is 2.88. The van der Waals surface area contributed by atoms with Gasteiger partial charge in [0.25, 0.3) is 0 Å². The second-order valence-corrected chi connectivity index (χ2v) is 4.52. The second-order valence-electron chi connectivity index (χ2n) is 2.72. The van der Waals surface area contributed by atoms with Gasteiger partial charge in [-0.2, -0.15) is 0 Å². The summed E-state index contributed by atoms with van der Waals surface area (Å²) in [4.78, 5) is 8.53. The molecule has 14 heavy (non-hydrogen) atoms. The number of imidazole rings is 1. The molecule has 0 bridgehead atoms. The molecule has 0 amide bonds. The molecular formula is C9H8BrN3S. The number of nitrogens with zero attached hydrogens (tertiary/aromatic N) is 3. The molecule has 2 heterocycles. The zero-order chi connectivity index (χ0) is 9.97. The third kappa shape index (κ3) is 2.16. The van der Waals surface area contributed by atoms with Crippen LogP contribution in [0.4, 0.5) is 0 Å². The molecule has 0 fully saturated rings. The minimum atomic E-state index is 0.844. The molecule has 2 aromatic rings. The zero-order valence-electron chi connectivity index (χ0n) is 7.51. The predicted molar refractivity (Wildman–Crippen MR) is 59.3 cm³/mol. The van der Waals surface area contributed by atoms with Gasteiger partial charge in [0.15, 0.2) is 5.16 Å². The lowest BCUT2D eigenvalue weighted by atomic mass is 10.5. The van der Waals surface area contributed by atoms with Gasteiger partial charge in [-0.05, 0) is 39.8 Å². The van der Waals surface area contributed by atoms with Crippen LogP contribution in [0.15, 0.2) is 45.4 Å². The Hall–Kier alpha value is -0.810. The molecule has 2 rings (SSSR count). The monoisotopic (exact) mass is 269 g/mol. The van der Waals surface area contributed by atoms with E-state index in [0.29, 0.717) is 0 Å². The van der Waals surface area contributed by atoms with E-state index in [2.05, 4.69) is 25.9 Å². The van der Waals surface area contributed by atoms with E-state index in [0.717, 1.165) is 14.8 Å². The van der Waals surface area contributed by atoms with Gasteiger partial charge in [0.1, 0.15) is 9.63 Å². The average Bonchev–Trinajstić information content (AvgIpc) is 2.52. The quantitative estimate of drug-likeness (QED) is 0.786. The first-order valence-electron chi connectivity index (χ1n) is 4.03. The fourth-order valence-electron chi connectivity index (χ4n) is 0.990. The van der Waals surface area contributed by atoms with Gasteiger partial charge in [-0.3, -0.25) is 0 Å². The molecule has 0 unspecified atom stereocenters. The first-order chi connectivity index (χ1) is 6.75. The Bertz CT molecular complexity index is 441. The second kappa shape index (κ2) is 4.14. The molecule has 0 N–H and O–H groups in total. The summed E-state index contributed by atoms with van der Waals surface area (Å²) >= 11 is 4.88. The van der Waals surface area contributed by atoms with Crippen molar-refractivity contribution in [1.82, 2.24) is 14.5 Å². The van der Waals surface area contributed by atoms with Crippen LogP contribution < -0.4 is 0 Å². The van der Waals surface area contributed by atoms with Crippen LogP contribution in [-0.2, 0) is 7.05 Å². The number of pyridine rings is 1. The fourth-order valence-corrected chi connectivity index (χ4v) is 2.25. The molecule has 0 saturated heterocycles. The molecule has 5 heteroatoms. The molecule has 72 valence electrons. The van der Waals surface area contributed by atoms with Gasteiger partial charge in [-0.25, -0.2) is 9.97 Å². The minimum Gasteiger partial charge on any atom is -0.329 e. The van der Waals surface area contributed by atoms with E-state index in [4.69, 9.17) is 0 Å². The highest BCUT2D eigenvalue weighted by atomic mass is 79.9. The molecule has 0 atom stereocenters. The van der Waals surface area contributed by atoms with Crippen LogP contribution in [-0.4, -0.2) is 14.5 Å². The standard InChI is InChI=1S/C9H8BrN3S/c1-13-6-5-11-9(13)14-8-4-2-3-7(10)12-8/h2-6H,1H3. The van der Waals surface area contributed by atoms with E-state index in [1.807, 2.05) is 36.0 Å². The summed E-state index contributed by atoms with van der Waals surface area (Å²) < 4.78 is 2.81.